The molecular formula is C23H30N6O3. The molecule has 0 aliphatic carbocycles. The number of fused-ring (bicyclic) bond motifs is 1. The van der Waals surface area contributed by atoms with Crippen molar-refractivity contribution in [2.24, 2.45) is 5.73 Å². The van der Waals surface area contributed by atoms with Crippen molar-refractivity contribution in [1.82, 2.24) is 15.6 Å². The highest BCUT2D eigenvalue weighted by Crippen LogP contribution is 2.38. The molecule has 1 aromatic carbocycles. The minimum atomic E-state index is -0.505. The van der Waals surface area contributed by atoms with E-state index in [1.54, 1.807) is 28.1 Å². The SMILES string of the molecule is CC(=O)N1c2ccc(C(CN)CNC3CNC3)cc2N(C(=O)Oc2cccnc2)C[C@@H]1C. The summed E-state index contributed by atoms with van der Waals surface area (Å²) in [6.07, 6.45) is 2.61. The van der Waals surface area contributed by atoms with Crippen molar-refractivity contribution in [3.05, 3.63) is 48.3 Å². The van der Waals surface area contributed by atoms with Crippen LogP contribution in [-0.2, 0) is 4.79 Å². The minimum absolute atomic E-state index is 0.0682. The number of hydrogen-bond acceptors (Lipinski definition) is 7. The minimum Gasteiger partial charge on any atom is -0.408 e. The molecule has 0 radical (unpaired) electrons. The quantitative estimate of drug-likeness (QED) is 0.626. The smallest absolute Gasteiger partial charge is 0.408 e. The van der Waals surface area contributed by atoms with Gasteiger partial charge in [0.1, 0.15) is 0 Å². The molecular weight excluding hydrogens is 408 g/mol. The van der Waals surface area contributed by atoms with E-state index in [0.29, 0.717) is 36.3 Å². The second-order valence-electron chi connectivity index (χ2n) is 8.35. The van der Waals surface area contributed by atoms with E-state index in [1.807, 2.05) is 25.1 Å². The maximum absolute atomic E-state index is 13.1. The topological polar surface area (TPSA) is 113 Å². The second-order valence-corrected chi connectivity index (χ2v) is 8.35. The third-order valence-electron chi connectivity index (χ3n) is 6.03. The monoisotopic (exact) mass is 438 g/mol. The van der Waals surface area contributed by atoms with Crippen LogP contribution in [0.15, 0.2) is 42.7 Å². The van der Waals surface area contributed by atoms with Crippen LogP contribution < -0.4 is 30.9 Å². The Balaban J connectivity index is 1.64. The first kappa shape index (κ1) is 22.2. The molecule has 2 aliphatic heterocycles. The molecule has 2 amide bonds. The third-order valence-corrected chi connectivity index (χ3v) is 6.03. The van der Waals surface area contributed by atoms with E-state index in [2.05, 4.69) is 15.6 Å². The number of carbonyl (C=O) groups is 2. The maximum atomic E-state index is 13.1. The van der Waals surface area contributed by atoms with Gasteiger partial charge in [-0.3, -0.25) is 14.7 Å². The van der Waals surface area contributed by atoms with Gasteiger partial charge >= 0.3 is 6.09 Å². The fourth-order valence-corrected chi connectivity index (χ4v) is 4.19. The molecule has 9 nitrogen and oxygen atoms in total. The molecule has 4 N–H and O–H groups in total. The van der Waals surface area contributed by atoms with Gasteiger partial charge in [-0.05, 0) is 36.8 Å². The van der Waals surface area contributed by atoms with Gasteiger partial charge in [-0.15, -0.1) is 0 Å². The lowest BCUT2D eigenvalue weighted by molar-refractivity contribution is -0.117. The number of ether oxygens (including phenoxy) is 1. The molecule has 3 heterocycles. The van der Waals surface area contributed by atoms with E-state index in [-0.39, 0.29) is 17.9 Å². The average Bonchev–Trinajstić information content (AvgIpc) is 2.75. The summed E-state index contributed by atoms with van der Waals surface area (Å²) in [5.74, 6) is 0.388. The molecule has 4 rings (SSSR count). The number of aromatic nitrogens is 1. The van der Waals surface area contributed by atoms with Crippen molar-refractivity contribution >= 4 is 23.4 Å². The summed E-state index contributed by atoms with van der Waals surface area (Å²) in [5, 5.41) is 6.78. The highest BCUT2D eigenvalue weighted by molar-refractivity contribution is 6.02. The normalized spacial score (nSPS) is 19.2. The van der Waals surface area contributed by atoms with Crippen LogP contribution in [0.4, 0.5) is 16.2 Å². The number of hydrogen-bond donors (Lipinski definition) is 3. The van der Waals surface area contributed by atoms with Gasteiger partial charge in [0.05, 0.1) is 23.6 Å². The molecule has 32 heavy (non-hydrogen) atoms. The molecule has 2 atom stereocenters. The predicted molar refractivity (Wildman–Crippen MR) is 123 cm³/mol. The average molecular weight is 439 g/mol. The van der Waals surface area contributed by atoms with Crippen molar-refractivity contribution in [2.45, 2.75) is 31.8 Å². The number of nitrogens with one attached hydrogen (secondary N) is 2. The van der Waals surface area contributed by atoms with Crippen LogP contribution >= 0.6 is 0 Å². The zero-order valence-electron chi connectivity index (χ0n) is 18.5. The molecule has 0 bridgehead atoms. The molecule has 2 aromatic rings. The van der Waals surface area contributed by atoms with Gasteiger partial charge in [0, 0.05) is 57.8 Å². The van der Waals surface area contributed by atoms with Gasteiger partial charge in [-0.2, -0.15) is 0 Å². The first-order chi connectivity index (χ1) is 15.5. The number of nitrogens with zero attached hydrogens (tertiary/aromatic N) is 3. The first-order valence-corrected chi connectivity index (χ1v) is 10.9. The number of pyridine rings is 1. The fraction of sp³-hybridized carbons (Fsp3) is 0.435. The largest absolute Gasteiger partial charge is 0.419 e. The summed E-state index contributed by atoms with van der Waals surface area (Å²) in [6.45, 7) is 6.92. The number of anilines is 2. The maximum Gasteiger partial charge on any atom is 0.419 e. The van der Waals surface area contributed by atoms with E-state index >= 15 is 0 Å². The predicted octanol–water partition coefficient (Wildman–Crippen LogP) is 1.45. The van der Waals surface area contributed by atoms with Crippen molar-refractivity contribution < 1.29 is 14.3 Å². The Bertz CT molecular complexity index is 965. The van der Waals surface area contributed by atoms with Crippen LogP contribution in [0.5, 0.6) is 5.75 Å². The van der Waals surface area contributed by atoms with Crippen LogP contribution in [0.1, 0.15) is 25.3 Å². The van der Waals surface area contributed by atoms with E-state index in [1.165, 1.54) is 13.1 Å². The van der Waals surface area contributed by atoms with Crippen molar-refractivity contribution in [2.75, 3.05) is 42.5 Å². The van der Waals surface area contributed by atoms with Crippen LogP contribution in [0.25, 0.3) is 0 Å². The standard InChI is InChI=1S/C23H30N6O3/c1-15-14-28(23(31)32-20-4-3-7-25-13-20)22-8-17(5-6-21(22)29(15)16(2)30)18(9-24)10-27-19-11-26-12-19/h3-8,13,15,18-19,26-27H,9-12,14,24H2,1-2H3/t15-,18?/m0/s1. The van der Waals surface area contributed by atoms with Crippen molar-refractivity contribution in [3.8, 4) is 5.75 Å². The molecule has 1 unspecified atom stereocenters. The van der Waals surface area contributed by atoms with Crippen LogP contribution in [-0.4, -0.2) is 61.8 Å². The van der Waals surface area contributed by atoms with E-state index in [4.69, 9.17) is 10.5 Å². The van der Waals surface area contributed by atoms with Crippen LogP contribution in [0.2, 0.25) is 0 Å². The van der Waals surface area contributed by atoms with Gasteiger partial charge < -0.3 is 26.0 Å². The van der Waals surface area contributed by atoms with Gasteiger partial charge in [0.25, 0.3) is 0 Å². The zero-order chi connectivity index (χ0) is 22.7. The fourth-order valence-electron chi connectivity index (χ4n) is 4.19. The molecule has 170 valence electrons. The number of benzene rings is 1. The summed E-state index contributed by atoms with van der Waals surface area (Å²) in [7, 11) is 0. The Labute approximate surface area is 187 Å². The lowest BCUT2D eigenvalue weighted by Crippen LogP contribution is -2.56. The van der Waals surface area contributed by atoms with E-state index < -0.39 is 6.09 Å². The third kappa shape index (κ3) is 4.59. The zero-order valence-corrected chi connectivity index (χ0v) is 18.5. The summed E-state index contributed by atoms with van der Waals surface area (Å²) in [5.41, 5.74) is 8.44. The number of carbonyl (C=O) groups excluding carboxylic acids is 2. The van der Waals surface area contributed by atoms with Crippen LogP contribution in [0.3, 0.4) is 0 Å². The van der Waals surface area contributed by atoms with E-state index in [0.717, 1.165) is 25.2 Å². The molecule has 9 heteroatoms. The number of rotatable bonds is 6. The Morgan fingerprint density at radius 3 is 2.75 bits per heavy atom. The summed E-state index contributed by atoms with van der Waals surface area (Å²) in [4.78, 5) is 32.8. The summed E-state index contributed by atoms with van der Waals surface area (Å²) < 4.78 is 5.56. The highest BCUT2D eigenvalue weighted by atomic mass is 16.6. The van der Waals surface area contributed by atoms with Gasteiger partial charge in [0.2, 0.25) is 5.91 Å². The molecule has 0 spiro atoms. The Kier molecular flexibility index (Phi) is 6.69. The van der Waals surface area contributed by atoms with Gasteiger partial charge in [-0.25, -0.2) is 4.79 Å². The van der Waals surface area contributed by atoms with Crippen molar-refractivity contribution in [3.63, 3.8) is 0 Å². The first-order valence-electron chi connectivity index (χ1n) is 10.9. The number of nitrogens with two attached hydrogens (primary N) is 1. The summed E-state index contributed by atoms with van der Waals surface area (Å²) >= 11 is 0. The Morgan fingerprint density at radius 2 is 2.12 bits per heavy atom. The van der Waals surface area contributed by atoms with E-state index in [9.17, 15) is 9.59 Å². The molecule has 0 saturated carbocycles. The Hall–Kier alpha value is -3.01. The number of amides is 2. The second kappa shape index (κ2) is 9.64. The highest BCUT2D eigenvalue weighted by Gasteiger charge is 2.35. The molecule has 1 fully saturated rings. The Morgan fingerprint density at radius 1 is 1.31 bits per heavy atom. The van der Waals surface area contributed by atoms with Crippen molar-refractivity contribution in [1.29, 1.82) is 0 Å². The lowest BCUT2D eigenvalue weighted by Gasteiger charge is -2.40. The summed E-state index contributed by atoms with van der Waals surface area (Å²) in [6, 6.07) is 9.52. The van der Waals surface area contributed by atoms with Gasteiger partial charge in [-0.1, -0.05) is 6.07 Å². The molecule has 1 aromatic heterocycles. The molecule has 1 saturated heterocycles. The molecule has 2 aliphatic rings. The van der Waals surface area contributed by atoms with Crippen LogP contribution in [0, 0.1) is 0 Å². The van der Waals surface area contributed by atoms with Gasteiger partial charge in [0.15, 0.2) is 5.75 Å². The lowest BCUT2D eigenvalue weighted by atomic mass is 9.95.